The van der Waals surface area contributed by atoms with Crippen molar-refractivity contribution in [2.45, 2.75) is 18.9 Å². The van der Waals surface area contributed by atoms with Crippen LogP contribution < -0.4 is 11.0 Å². The highest BCUT2D eigenvalue weighted by Crippen LogP contribution is 2.32. The summed E-state index contributed by atoms with van der Waals surface area (Å²) in [4.78, 5) is 39.6. The van der Waals surface area contributed by atoms with Gasteiger partial charge < -0.3 is 24.0 Å². The fraction of sp³-hybridized carbons (Fsp3) is 0.250. The molecule has 0 aliphatic heterocycles. The zero-order valence-corrected chi connectivity index (χ0v) is 15.4. The third kappa shape index (κ3) is 3.81. The van der Waals surface area contributed by atoms with Crippen LogP contribution in [0, 0.1) is 0 Å². The first-order valence-electron chi connectivity index (χ1n) is 8.48. The number of rotatable bonds is 6. The van der Waals surface area contributed by atoms with Crippen LogP contribution in [0.15, 0.2) is 50.4 Å². The quantitative estimate of drug-likeness (QED) is 0.623. The van der Waals surface area contributed by atoms with E-state index in [2.05, 4.69) is 4.98 Å². The summed E-state index contributed by atoms with van der Waals surface area (Å²) in [5.41, 5.74) is -0.379. The number of aromatic hydroxyl groups is 1. The molecule has 0 aliphatic rings. The maximum atomic E-state index is 12.7. The molecular formula is C20H19NO7. The van der Waals surface area contributed by atoms with E-state index in [1.807, 2.05) is 0 Å². The second-order valence-corrected chi connectivity index (χ2v) is 6.20. The van der Waals surface area contributed by atoms with Gasteiger partial charge in [-0.2, -0.15) is 0 Å². The molecule has 2 heterocycles. The highest BCUT2D eigenvalue weighted by molar-refractivity contribution is 5.79. The number of H-pyrrole nitrogens is 1. The van der Waals surface area contributed by atoms with E-state index >= 15 is 0 Å². The number of methoxy groups -OCH3 is 2. The van der Waals surface area contributed by atoms with Gasteiger partial charge in [0.2, 0.25) is 11.2 Å². The van der Waals surface area contributed by atoms with Gasteiger partial charge in [0.1, 0.15) is 12.4 Å². The molecule has 0 unspecified atom stereocenters. The monoisotopic (exact) mass is 385 g/mol. The van der Waals surface area contributed by atoms with E-state index in [1.54, 1.807) is 30.3 Å². The van der Waals surface area contributed by atoms with Gasteiger partial charge in [-0.3, -0.25) is 14.4 Å². The fourth-order valence-electron chi connectivity index (χ4n) is 3.02. The molecule has 1 aromatic carbocycles. The molecular weight excluding hydrogens is 366 g/mol. The Morgan fingerprint density at radius 1 is 1.21 bits per heavy atom. The van der Waals surface area contributed by atoms with Crippen molar-refractivity contribution in [2.24, 2.45) is 0 Å². The molecule has 0 bridgehead atoms. The first-order valence-corrected chi connectivity index (χ1v) is 8.48. The number of nitrogens with one attached hydrogen (secondary N) is 1. The molecule has 3 rings (SSSR count). The molecule has 3 aromatic rings. The van der Waals surface area contributed by atoms with Crippen molar-refractivity contribution in [1.82, 2.24) is 4.98 Å². The lowest BCUT2D eigenvalue weighted by atomic mass is 9.92. The predicted octanol–water partition coefficient (Wildman–Crippen LogP) is 2.03. The van der Waals surface area contributed by atoms with Crippen molar-refractivity contribution in [2.75, 3.05) is 14.2 Å². The van der Waals surface area contributed by atoms with E-state index < -0.39 is 28.6 Å². The predicted molar refractivity (Wildman–Crippen MR) is 100 cm³/mol. The van der Waals surface area contributed by atoms with Gasteiger partial charge in [-0.25, -0.2) is 0 Å². The van der Waals surface area contributed by atoms with E-state index in [4.69, 9.17) is 13.9 Å². The Hall–Kier alpha value is -3.39. The van der Waals surface area contributed by atoms with Gasteiger partial charge in [-0.05, 0) is 17.5 Å². The first kappa shape index (κ1) is 19.4. The molecule has 8 heteroatoms. The normalized spacial score (nSPS) is 12.1. The average Bonchev–Trinajstić information content (AvgIpc) is 2.68. The van der Waals surface area contributed by atoms with E-state index in [0.29, 0.717) is 5.52 Å². The number of ether oxygens (including phenoxy) is 2. The Balaban J connectivity index is 2.24. The molecule has 28 heavy (non-hydrogen) atoms. The number of hydrogen-bond donors (Lipinski definition) is 2. The minimum atomic E-state index is -1.02. The van der Waals surface area contributed by atoms with Crippen LogP contribution in [0.25, 0.3) is 10.9 Å². The zero-order chi connectivity index (χ0) is 20.3. The number of hydrogen-bond acceptors (Lipinski definition) is 7. The van der Waals surface area contributed by atoms with Gasteiger partial charge in [-0.1, -0.05) is 18.2 Å². The Kier molecular flexibility index (Phi) is 5.60. The number of aromatic nitrogens is 1. The van der Waals surface area contributed by atoms with Gasteiger partial charge in [0, 0.05) is 24.3 Å². The Morgan fingerprint density at radius 3 is 2.68 bits per heavy atom. The van der Waals surface area contributed by atoms with Gasteiger partial charge in [0.25, 0.3) is 5.56 Å². The van der Waals surface area contributed by atoms with E-state index in [-0.39, 0.29) is 30.1 Å². The van der Waals surface area contributed by atoms with Crippen molar-refractivity contribution < 1.29 is 23.8 Å². The summed E-state index contributed by atoms with van der Waals surface area (Å²) in [6.07, 6.45) is -0.301. The molecule has 0 saturated heterocycles. The van der Waals surface area contributed by atoms with Gasteiger partial charge in [-0.15, -0.1) is 0 Å². The number of carbonyl (C=O) groups excluding carboxylic acids is 1. The van der Waals surface area contributed by atoms with Crippen molar-refractivity contribution in [3.8, 4) is 5.75 Å². The van der Waals surface area contributed by atoms with Gasteiger partial charge >= 0.3 is 5.97 Å². The lowest BCUT2D eigenvalue weighted by molar-refractivity contribution is -0.140. The molecule has 0 amide bonds. The Morgan fingerprint density at radius 2 is 1.96 bits per heavy atom. The molecule has 0 aliphatic carbocycles. The standard InChI is InChI=1S/C20H19NO7/c1-26-10-12-8-16(22)18(24)19(28-12)13(9-17(23)27-2)14-7-11-5-3-4-6-15(11)21-20(14)25/h3-8,13,24H,9-10H2,1-2H3,(H,21,25)/t13-/m0/s1. The number of benzene rings is 1. The summed E-state index contributed by atoms with van der Waals surface area (Å²) in [7, 11) is 2.63. The fourth-order valence-corrected chi connectivity index (χ4v) is 3.02. The number of aromatic amines is 1. The number of pyridine rings is 1. The van der Waals surface area contributed by atoms with Gasteiger partial charge in [0.05, 0.1) is 19.4 Å². The Labute approximate surface area is 159 Å². The van der Waals surface area contributed by atoms with Crippen LogP contribution in [0.2, 0.25) is 0 Å². The molecule has 0 fully saturated rings. The highest BCUT2D eigenvalue weighted by Gasteiger charge is 2.29. The smallest absolute Gasteiger partial charge is 0.306 e. The van der Waals surface area contributed by atoms with Crippen LogP contribution in [0.4, 0.5) is 0 Å². The molecule has 0 spiro atoms. The molecule has 2 aromatic heterocycles. The zero-order valence-electron chi connectivity index (χ0n) is 15.4. The van der Waals surface area contributed by atoms with Crippen LogP contribution in [0.1, 0.15) is 29.4 Å². The highest BCUT2D eigenvalue weighted by atomic mass is 16.5. The summed E-state index contributed by atoms with van der Waals surface area (Å²) in [6, 6.07) is 9.82. The molecule has 0 saturated carbocycles. The van der Waals surface area contributed by atoms with Crippen LogP contribution in [-0.2, 0) is 20.9 Å². The molecule has 146 valence electrons. The topological polar surface area (TPSA) is 119 Å². The number of carbonyl (C=O) groups is 1. The maximum Gasteiger partial charge on any atom is 0.306 e. The lowest BCUT2D eigenvalue weighted by Crippen LogP contribution is -2.21. The van der Waals surface area contributed by atoms with Crippen LogP contribution >= 0.6 is 0 Å². The third-order valence-electron chi connectivity index (χ3n) is 4.36. The molecule has 8 nitrogen and oxygen atoms in total. The van der Waals surface area contributed by atoms with Crippen molar-refractivity contribution in [3.05, 3.63) is 74.1 Å². The van der Waals surface area contributed by atoms with Crippen molar-refractivity contribution in [1.29, 1.82) is 0 Å². The number of esters is 1. The van der Waals surface area contributed by atoms with Crippen LogP contribution in [0.3, 0.4) is 0 Å². The molecule has 1 atom stereocenters. The lowest BCUT2D eigenvalue weighted by Gasteiger charge is -2.17. The van der Waals surface area contributed by atoms with E-state index in [1.165, 1.54) is 14.2 Å². The van der Waals surface area contributed by atoms with Gasteiger partial charge in [0.15, 0.2) is 5.76 Å². The number of fused-ring (bicyclic) bond motifs is 1. The van der Waals surface area contributed by atoms with Crippen LogP contribution in [-0.4, -0.2) is 30.3 Å². The Bertz CT molecular complexity index is 1130. The maximum absolute atomic E-state index is 12.7. The summed E-state index contributed by atoms with van der Waals surface area (Å²) >= 11 is 0. The second kappa shape index (κ2) is 8.10. The number of para-hydroxylation sites is 1. The van der Waals surface area contributed by atoms with E-state index in [9.17, 15) is 19.5 Å². The third-order valence-corrected chi connectivity index (χ3v) is 4.36. The summed E-state index contributed by atoms with van der Waals surface area (Å²) in [6.45, 7) is -0.0124. The van der Waals surface area contributed by atoms with Crippen molar-refractivity contribution >= 4 is 16.9 Å². The summed E-state index contributed by atoms with van der Waals surface area (Å²) in [5.74, 6) is -2.35. The van der Waals surface area contributed by atoms with E-state index in [0.717, 1.165) is 11.5 Å². The first-order chi connectivity index (χ1) is 13.4. The van der Waals surface area contributed by atoms with Crippen molar-refractivity contribution in [3.63, 3.8) is 0 Å². The van der Waals surface area contributed by atoms with Crippen LogP contribution in [0.5, 0.6) is 5.75 Å². The summed E-state index contributed by atoms with van der Waals surface area (Å²) in [5, 5.41) is 11.0. The molecule has 0 radical (unpaired) electrons. The molecule has 2 N–H and O–H groups in total. The average molecular weight is 385 g/mol. The second-order valence-electron chi connectivity index (χ2n) is 6.20. The summed E-state index contributed by atoms with van der Waals surface area (Å²) < 4.78 is 15.3. The SMILES string of the molecule is COCc1cc(=O)c(O)c([C@@H](CC(=O)OC)c2cc3ccccc3[nH]c2=O)o1. The minimum Gasteiger partial charge on any atom is -0.502 e. The minimum absolute atomic E-state index is 0.0124. The largest absolute Gasteiger partial charge is 0.502 e.